The molecule has 2 N–H and O–H groups in total. The van der Waals surface area contributed by atoms with Crippen LogP contribution < -0.4 is 20.1 Å². The number of esters is 1. The van der Waals surface area contributed by atoms with E-state index in [4.69, 9.17) is 26.4 Å². The van der Waals surface area contributed by atoms with Crippen LogP contribution in [0.1, 0.15) is 52.7 Å². The standard InChI is InChI=1S/C22H28N2O4S2/c1-12-6-8-15-18(10-12)30-20(19(15)21(25)28-5)24-22(29)23-13(2)16-11-14(26-3)7-9-17(16)27-4/h7,9,11-13H,6,8,10H2,1-5H3,(H2,23,24,29). The molecule has 2 aromatic rings. The molecular weight excluding hydrogens is 420 g/mol. The number of carbonyl (C=O) groups is 1. The average molecular weight is 449 g/mol. The summed E-state index contributed by atoms with van der Waals surface area (Å²) >= 11 is 7.15. The van der Waals surface area contributed by atoms with Crippen molar-refractivity contribution in [3.05, 3.63) is 39.8 Å². The predicted molar refractivity (Wildman–Crippen MR) is 124 cm³/mol. The maximum absolute atomic E-state index is 12.5. The van der Waals surface area contributed by atoms with Crippen molar-refractivity contribution in [3.8, 4) is 11.5 Å². The first kappa shape index (κ1) is 22.4. The zero-order valence-electron chi connectivity index (χ0n) is 18.0. The number of ether oxygens (including phenoxy) is 3. The van der Waals surface area contributed by atoms with Gasteiger partial charge in [0.2, 0.25) is 0 Å². The first-order valence-corrected chi connectivity index (χ1v) is 11.1. The number of rotatable bonds is 6. The first-order chi connectivity index (χ1) is 14.4. The molecule has 1 aliphatic rings. The van der Waals surface area contributed by atoms with Crippen LogP contribution in [0.3, 0.4) is 0 Å². The SMILES string of the molecule is COC(=O)c1c(NC(=S)NC(C)c2cc(OC)ccc2OC)sc2c1CCC(C)C2. The van der Waals surface area contributed by atoms with Gasteiger partial charge in [0.1, 0.15) is 16.5 Å². The van der Waals surface area contributed by atoms with Crippen LogP contribution in [0.25, 0.3) is 0 Å². The second-order valence-corrected chi connectivity index (χ2v) is 8.99. The monoisotopic (exact) mass is 448 g/mol. The van der Waals surface area contributed by atoms with Gasteiger partial charge in [-0.3, -0.25) is 0 Å². The number of thiophene rings is 1. The van der Waals surface area contributed by atoms with Crippen LogP contribution in [0.5, 0.6) is 11.5 Å². The third kappa shape index (κ3) is 4.70. The lowest BCUT2D eigenvalue weighted by Gasteiger charge is -2.20. The van der Waals surface area contributed by atoms with Crippen molar-refractivity contribution < 1.29 is 19.0 Å². The second kappa shape index (κ2) is 9.66. The van der Waals surface area contributed by atoms with E-state index in [1.807, 2.05) is 25.1 Å². The van der Waals surface area contributed by atoms with Gasteiger partial charge in [0.25, 0.3) is 0 Å². The number of hydrogen-bond donors (Lipinski definition) is 2. The van der Waals surface area contributed by atoms with Gasteiger partial charge in [-0.15, -0.1) is 11.3 Å². The van der Waals surface area contributed by atoms with Gasteiger partial charge in [-0.2, -0.15) is 0 Å². The van der Waals surface area contributed by atoms with Crippen molar-refractivity contribution in [1.29, 1.82) is 0 Å². The Labute approximate surface area is 186 Å². The number of fused-ring (bicyclic) bond motifs is 1. The second-order valence-electron chi connectivity index (χ2n) is 7.48. The number of hydrogen-bond acceptors (Lipinski definition) is 6. The highest BCUT2D eigenvalue weighted by atomic mass is 32.1. The third-order valence-corrected chi connectivity index (χ3v) is 6.77. The summed E-state index contributed by atoms with van der Waals surface area (Å²) in [6.45, 7) is 4.23. The van der Waals surface area contributed by atoms with Gasteiger partial charge in [0.15, 0.2) is 5.11 Å². The smallest absolute Gasteiger partial charge is 0.341 e. The molecule has 0 amide bonds. The van der Waals surface area contributed by atoms with Crippen molar-refractivity contribution in [1.82, 2.24) is 5.32 Å². The molecular formula is C22H28N2O4S2. The topological polar surface area (TPSA) is 68.8 Å². The van der Waals surface area contributed by atoms with E-state index in [0.717, 1.165) is 46.9 Å². The van der Waals surface area contributed by atoms with E-state index in [1.54, 1.807) is 25.6 Å². The molecule has 6 nitrogen and oxygen atoms in total. The van der Waals surface area contributed by atoms with E-state index in [-0.39, 0.29) is 12.0 Å². The average Bonchev–Trinajstić information content (AvgIpc) is 3.08. The van der Waals surface area contributed by atoms with Crippen LogP contribution in [0, 0.1) is 5.92 Å². The van der Waals surface area contributed by atoms with Crippen molar-refractivity contribution in [2.75, 3.05) is 26.6 Å². The van der Waals surface area contributed by atoms with Crippen LogP contribution >= 0.6 is 23.6 Å². The molecule has 162 valence electrons. The number of carbonyl (C=O) groups excluding carboxylic acids is 1. The minimum absolute atomic E-state index is 0.133. The summed E-state index contributed by atoms with van der Waals surface area (Å²) in [5.74, 6) is 1.77. The molecule has 8 heteroatoms. The third-order valence-electron chi connectivity index (χ3n) is 5.38. The van der Waals surface area contributed by atoms with Crippen LogP contribution in [0.4, 0.5) is 5.00 Å². The molecule has 30 heavy (non-hydrogen) atoms. The highest BCUT2D eigenvalue weighted by Gasteiger charge is 2.28. The molecule has 0 saturated carbocycles. The fourth-order valence-electron chi connectivity index (χ4n) is 3.75. The van der Waals surface area contributed by atoms with Crippen molar-refractivity contribution in [2.24, 2.45) is 5.92 Å². The molecule has 1 aromatic heterocycles. The molecule has 1 aliphatic carbocycles. The summed E-state index contributed by atoms with van der Waals surface area (Å²) in [7, 11) is 4.67. The maximum Gasteiger partial charge on any atom is 0.341 e. The Morgan fingerprint density at radius 3 is 2.70 bits per heavy atom. The maximum atomic E-state index is 12.5. The lowest BCUT2D eigenvalue weighted by molar-refractivity contribution is 0.0601. The fourth-order valence-corrected chi connectivity index (χ4v) is 5.49. The molecule has 0 aliphatic heterocycles. The minimum Gasteiger partial charge on any atom is -0.497 e. The summed E-state index contributed by atoms with van der Waals surface area (Å²) in [5, 5.41) is 7.69. The number of nitrogens with one attached hydrogen (secondary N) is 2. The van der Waals surface area contributed by atoms with Gasteiger partial charge in [-0.05, 0) is 68.1 Å². The Morgan fingerprint density at radius 1 is 1.27 bits per heavy atom. The lowest BCUT2D eigenvalue weighted by Crippen LogP contribution is -2.31. The van der Waals surface area contributed by atoms with E-state index in [9.17, 15) is 4.79 Å². The summed E-state index contributed by atoms with van der Waals surface area (Å²) in [4.78, 5) is 13.7. The van der Waals surface area contributed by atoms with Crippen LogP contribution in [0.2, 0.25) is 0 Å². The van der Waals surface area contributed by atoms with E-state index >= 15 is 0 Å². The molecule has 1 heterocycles. The predicted octanol–water partition coefficient (Wildman–Crippen LogP) is 4.72. The van der Waals surface area contributed by atoms with Gasteiger partial charge in [-0.1, -0.05) is 6.92 Å². The Balaban J connectivity index is 1.80. The Kier molecular flexibility index (Phi) is 7.20. The van der Waals surface area contributed by atoms with Gasteiger partial charge in [-0.25, -0.2) is 4.79 Å². The zero-order valence-corrected chi connectivity index (χ0v) is 19.6. The number of benzene rings is 1. The summed E-state index contributed by atoms with van der Waals surface area (Å²) in [5.41, 5.74) is 2.63. The van der Waals surface area contributed by atoms with E-state index in [0.29, 0.717) is 16.6 Å². The molecule has 1 aromatic carbocycles. The first-order valence-electron chi connectivity index (χ1n) is 9.90. The minimum atomic E-state index is -0.324. The van der Waals surface area contributed by atoms with Gasteiger partial charge >= 0.3 is 5.97 Å². The number of thiocarbonyl (C=S) groups is 1. The van der Waals surface area contributed by atoms with E-state index in [1.165, 1.54) is 12.0 Å². The molecule has 2 atom stereocenters. The lowest BCUT2D eigenvalue weighted by atomic mass is 9.88. The van der Waals surface area contributed by atoms with Gasteiger partial charge in [0.05, 0.1) is 32.9 Å². The van der Waals surface area contributed by atoms with E-state index in [2.05, 4.69) is 17.6 Å². The molecule has 0 spiro atoms. The molecule has 0 fully saturated rings. The Bertz CT molecular complexity index is 941. The van der Waals surface area contributed by atoms with Gasteiger partial charge < -0.3 is 24.8 Å². The van der Waals surface area contributed by atoms with E-state index < -0.39 is 0 Å². The van der Waals surface area contributed by atoms with Crippen molar-refractivity contribution >= 4 is 39.6 Å². The quantitative estimate of drug-likeness (QED) is 0.489. The Hall–Kier alpha value is -2.32. The molecule has 2 unspecified atom stereocenters. The fraction of sp³-hybridized carbons (Fsp3) is 0.455. The molecule has 0 saturated heterocycles. The summed E-state index contributed by atoms with van der Waals surface area (Å²) in [6.07, 6.45) is 2.93. The van der Waals surface area contributed by atoms with Gasteiger partial charge in [0, 0.05) is 10.4 Å². The highest BCUT2D eigenvalue weighted by molar-refractivity contribution is 7.80. The summed E-state index contributed by atoms with van der Waals surface area (Å²) < 4.78 is 15.9. The normalized spacial score (nSPS) is 16.2. The van der Waals surface area contributed by atoms with Crippen LogP contribution in [-0.2, 0) is 17.6 Å². The molecule has 0 bridgehead atoms. The van der Waals surface area contributed by atoms with Crippen LogP contribution in [-0.4, -0.2) is 32.4 Å². The zero-order chi connectivity index (χ0) is 21.8. The van der Waals surface area contributed by atoms with Crippen LogP contribution in [0.15, 0.2) is 18.2 Å². The number of anilines is 1. The molecule has 3 rings (SSSR count). The Morgan fingerprint density at radius 2 is 2.03 bits per heavy atom. The number of methoxy groups -OCH3 is 3. The highest BCUT2D eigenvalue weighted by Crippen LogP contribution is 2.40. The van der Waals surface area contributed by atoms with Crippen molar-refractivity contribution in [3.63, 3.8) is 0 Å². The van der Waals surface area contributed by atoms with Crippen molar-refractivity contribution in [2.45, 2.75) is 39.2 Å². The molecule has 0 radical (unpaired) electrons. The largest absolute Gasteiger partial charge is 0.497 e. The summed E-state index contributed by atoms with van der Waals surface area (Å²) in [6, 6.07) is 5.51.